The lowest BCUT2D eigenvalue weighted by Gasteiger charge is -2.62. The standard InChI is InChI=1S/C12H22O.C2H6/c1-8-5-9-6-11(12(9,2)3)10(8)7-13-4;1-2/h8-11H,5-7H2,1-4H3;1-2H3. The van der Waals surface area contributed by atoms with E-state index in [-0.39, 0.29) is 0 Å². The summed E-state index contributed by atoms with van der Waals surface area (Å²) in [6.45, 7) is 12.3. The maximum Gasteiger partial charge on any atom is 0.0495 e. The van der Waals surface area contributed by atoms with Crippen molar-refractivity contribution in [3.05, 3.63) is 0 Å². The number of fused-ring (bicyclic) bond motifs is 2. The van der Waals surface area contributed by atoms with E-state index in [9.17, 15) is 0 Å². The van der Waals surface area contributed by atoms with Crippen molar-refractivity contribution in [3.63, 3.8) is 0 Å². The van der Waals surface area contributed by atoms with Gasteiger partial charge in [-0.15, -0.1) is 0 Å². The zero-order valence-electron chi connectivity index (χ0n) is 11.3. The topological polar surface area (TPSA) is 9.23 Å². The molecule has 0 radical (unpaired) electrons. The maximum absolute atomic E-state index is 5.34. The third-order valence-electron chi connectivity index (χ3n) is 4.81. The first-order chi connectivity index (χ1) is 7.07. The number of methoxy groups -OCH3 is 1. The number of rotatable bonds is 2. The Kier molecular flexibility index (Phi) is 4.22. The summed E-state index contributed by atoms with van der Waals surface area (Å²) in [5.41, 5.74) is 0.607. The van der Waals surface area contributed by atoms with Gasteiger partial charge in [0.05, 0.1) is 0 Å². The second-order valence-electron chi connectivity index (χ2n) is 5.69. The van der Waals surface area contributed by atoms with Crippen LogP contribution in [0.1, 0.15) is 47.5 Å². The van der Waals surface area contributed by atoms with Crippen molar-refractivity contribution in [1.82, 2.24) is 0 Å². The summed E-state index contributed by atoms with van der Waals surface area (Å²) < 4.78 is 5.34. The molecule has 0 spiro atoms. The predicted octanol–water partition coefficient (Wildman–Crippen LogP) is 3.98. The third kappa shape index (κ3) is 2.08. The SMILES string of the molecule is CC.COCC1C(C)CC2CC1C2(C)C. The van der Waals surface area contributed by atoms with Crippen molar-refractivity contribution < 1.29 is 4.74 Å². The molecule has 4 unspecified atom stereocenters. The van der Waals surface area contributed by atoms with Crippen molar-refractivity contribution in [2.24, 2.45) is 29.1 Å². The van der Waals surface area contributed by atoms with Crippen LogP contribution < -0.4 is 0 Å². The highest BCUT2D eigenvalue weighted by Gasteiger charge is 2.56. The van der Waals surface area contributed by atoms with Crippen LogP contribution in [0.15, 0.2) is 0 Å². The molecule has 0 heterocycles. The Bertz CT molecular complexity index is 198. The van der Waals surface area contributed by atoms with Gasteiger partial charge in [-0.1, -0.05) is 34.6 Å². The largest absolute Gasteiger partial charge is 0.384 e. The summed E-state index contributed by atoms with van der Waals surface area (Å²) >= 11 is 0. The molecule has 0 aromatic rings. The molecular weight excluding hydrogens is 184 g/mol. The highest BCUT2D eigenvalue weighted by Crippen LogP contribution is 2.62. The molecule has 0 amide bonds. The van der Waals surface area contributed by atoms with Gasteiger partial charge >= 0.3 is 0 Å². The van der Waals surface area contributed by atoms with E-state index >= 15 is 0 Å². The summed E-state index contributed by atoms with van der Waals surface area (Å²) in [5, 5.41) is 0. The molecule has 3 rings (SSSR count). The van der Waals surface area contributed by atoms with Crippen molar-refractivity contribution in [2.75, 3.05) is 13.7 Å². The van der Waals surface area contributed by atoms with E-state index < -0.39 is 0 Å². The maximum atomic E-state index is 5.34. The lowest BCUT2D eigenvalue weighted by Crippen LogP contribution is -2.56. The Morgan fingerprint density at radius 3 is 2.27 bits per heavy atom. The average molecular weight is 212 g/mol. The lowest BCUT2D eigenvalue weighted by atomic mass is 9.43. The highest BCUT2D eigenvalue weighted by atomic mass is 16.5. The van der Waals surface area contributed by atoms with Crippen LogP contribution in [0, 0.1) is 29.1 Å². The van der Waals surface area contributed by atoms with Crippen molar-refractivity contribution in [1.29, 1.82) is 0 Å². The van der Waals surface area contributed by atoms with Crippen LogP contribution >= 0.6 is 0 Å². The van der Waals surface area contributed by atoms with E-state index in [1.54, 1.807) is 0 Å². The Morgan fingerprint density at radius 1 is 1.20 bits per heavy atom. The van der Waals surface area contributed by atoms with Crippen molar-refractivity contribution in [2.45, 2.75) is 47.5 Å². The molecule has 0 aromatic carbocycles. The Hall–Kier alpha value is -0.0400. The van der Waals surface area contributed by atoms with Crippen LogP contribution in [0.5, 0.6) is 0 Å². The summed E-state index contributed by atoms with van der Waals surface area (Å²) in [6.07, 6.45) is 2.89. The van der Waals surface area contributed by atoms with Gasteiger partial charge in [0.25, 0.3) is 0 Å². The third-order valence-corrected chi connectivity index (χ3v) is 4.81. The van der Waals surface area contributed by atoms with Crippen molar-refractivity contribution >= 4 is 0 Å². The average Bonchev–Trinajstić information content (AvgIpc) is 2.23. The van der Waals surface area contributed by atoms with Gasteiger partial charge in [-0.25, -0.2) is 0 Å². The van der Waals surface area contributed by atoms with Crippen molar-refractivity contribution in [3.8, 4) is 0 Å². The van der Waals surface area contributed by atoms with Gasteiger partial charge in [0.1, 0.15) is 0 Å². The molecule has 90 valence electrons. The summed E-state index contributed by atoms with van der Waals surface area (Å²) in [6, 6.07) is 0. The summed E-state index contributed by atoms with van der Waals surface area (Å²) in [4.78, 5) is 0. The minimum atomic E-state index is 0.607. The first kappa shape index (κ1) is 13.0. The molecular formula is C14H28O. The molecule has 0 aliphatic heterocycles. The number of hydrogen-bond acceptors (Lipinski definition) is 1. The Labute approximate surface area is 95.6 Å². The molecule has 0 aromatic heterocycles. The smallest absolute Gasteiger partial charge is 0.0495 e. The zero-order valence-corrected chi connectivity index (χ0v) is 11.3. The molecule has 1 heteroatoms. The van der Waals surface area contributed by atoms with Crippen LogP contribution in [0.25, 0.3) is 0 Å². The zero-order chi connectivity index (χ0) is 11.6. The van der Waals surface area contributed by atoms with Gasteiger partial charge in [-0.3, -0.25) is 0 Å². The number of hydrogen-bond donors (Lipinski definition) is 0. The molecule has 4 atom stereocenters. The second kappa shape index (κ2) is 4.86. The second-order valence-corrected chi connectivity index (χ2v) is 5.69. The summed E-state index contributed by atoms with van der Waals surface area (Å²) in [7, 11) is 1.84. The molecule has 1 nitrogen and oxygen atoms in total. The van der Waals surface area contributed by atoms with Crippen LogP contribution in [0.4, 0.5) is 0 Å². The van der Waals surface area contributed by atoms with Gasteiger partial charge in [0.15, 0.2) is 0 Å². The predicted molar refractivity (Wildman–Crippen MR) is 65.9 cm³/mol. The molecule has 3 aliphatic carbocycles. The van der Waals surface area contributed by atoms with E-state index in [0.29, 0.717) is 5.41 Å². The van der Waals surface area contributed by atoms with E-state index in [4.69, 9.17) is 4.74 Å². The van der Waals surface area contributed by atoms with E-state index in [1.807, 2.05) is 21.0 Å². The fraction of sp³-hybridized carbons (Fsp3) is 1.00. The highest BCUT2D eigenvalue weighted by molar-refractivity contribution is 5.05. The molecule has 3 saturated carbocycles. The van der Waals surface area contributed by atoms with E-state index in [1.165, 1.54) is 12.8 Å². The van der Waals surface area contributed by atoms with E-state index in [2.05, 4.69) is 20.8 Å². The quantitative estimate of drug-likeness (QED) is 0.673. The molecule has 3 aliphatic rings. The van der Waals surface area contributed by atoms with Gasteiger partial charge in [-0.2, -0.15) is 0 Å². The lowest BCUT2D eigenvalue weighted by molar-refractivity contribution is -0.145. The van der Waals surface area contributed by atoms with Gasteiger partial charge in [-0.05, 0) is 41.9 Å². The molecule has 3 fully saturated rings. The first-order valence-electron chi connectivity index (χ1n) is 6.56. The first-order valence-corrected chi connectivity index (χ1v) is 6.56. The van der Waals surface area contributed by atoms with E-state index in [0.717, 1.165) is 30.3 Å². The van der Waals surface area contributed by atoms with Gasteiger partial charge < -0.3 is 4.74 Å². The van der Waals surface area contributed by atoms with Crippen LogP contribution in [-0.4, -0.2) is 13.7 Å². The van der Waals surface area contributed by atoms with Crippen LogP contribution in [0.3, 0.4) is 0 Å². The molecule has 0 saturated heterocycles. The fourth-order valence-electron chi connectivity index (χ4n) is 3.68. The Balaban J connectivity index is 0.000000531. The normalized spacial score (nSPS) is 41.2. The minimum Gasteiger partial charge on any atom is -0.384 e. The molecule has 0 N–H and O–H groups in total. The monoisotopic (exact) mass is 212 g/mol. The number of ether oxygens (including phenoxy) is 1. The van der Waals surface area contributed by atoms with Crippen LogP contribution in [-0.2, 0) is 4.74 Å². The van der Waals surface area contributed by atoms with Gasteiger partial charge in [0, 0.05) is 13.7 Å². The Morgan fingerprint density at radius 2 is 1.80 bits per heavy atom. The summed E-state index contributed by atoms with van der Waals surface area (Å²) in [5.74, 6) is 3.64. The molecule has 15 heavy (non-hydrogen) atoms. The minimum absolute atomic E-state index is 0.607. The van der Waals surface area contributed by atoms with Gasteiger partial charge in [0.2, 0.25) is 0 Å². The fourth-order valence-corrected chi connectivity index (χ4v) is 3.68. The van der Waals surface area contributed by atoms with Crippen LogP contribution in [0.2, 0.25) is 0 Å². The molecule has 2 bridgehead atoms.